The largest absolute Gasteiger partial charge is 0.495 e. The van der Waals surface area contributed by atoms with Crippen LogP contribution in [0.1, 0.15) is 62.8 Å². The molecule has 0 radical (unpaired) electrons. The molecule has 3 aromatic heterocycles. The number of hydrogen-bond donors (Lipinski definition) is 0. The Kier molecular flexibility index (Phi) is 18.7. The standard InChI is InChI=1S/C46H66N7O7P3/c1-10-53(11-2)42-32-37(23-24-43(42)57-6)21-22-38-31-41(49-46(33-38)63(9,56)60-14-5)36-52-29-27-50(34-39-17-15-19-44(47-39)61(7,54)58-12-3)25-26-51(28-30-52)35-40-18-16-20-45(48-40)62(8,55)59-13-4/h15-20,23-24,31-33H,10-14,25-30,34-36H2,1-9H3. The van der Waals surface area contributed by atoms with Crippen LogP contribution in [0.25, 0.3) is 0 Å². The van der Waals surface area contributed by atoms with Gasteiger partial charge in [-0.2, -0.15) is 0 Å². The summed E-state index contributed by atoms with van der Waals surface area (Å²) in [7, 11) is -7.70. The van der Waals surface area contributed by atoms with Gasteiger partial charge in [-0.1, -0.05) is 24.0 Å². The van der Waals surface area contributed by atoms with E-state index < -0.39 is 22.1 Å². The number of anilines is 1. The lowest BCUT2D eigenvalue weighted by molar-refractivity contribution is 0.207. The van der Waals surface area contributed by atoms with Gasteiger partial charge in [0.1, 0.15) is 22.1 Å². The summed E-state index contributed by atoms with van der Waals surface area (Å²) in [5.41, 5.74) is 6.17. The van der Waals surface area contributed by atoms with Crippen LogP contribution in [0.2, 0.25) is 0 Å². The van der Waals surface area contributed by atoms with Gasteiger partial charge in [0.25, 0.3) is 0 Å². The highest BCUT2D eigenvalue weighted by atomic mass is 31.2. The average Bonchev–Trinajstić information content (AvgIpc) is 3.34. The summed E-state index contributed by atoms with van der Waals surface area (Å²) in [5, 5.41) is 0. The maximum atomic E-state index is 13.9. The van der Waals surface area contributed by atoms with E-state index in [1.807, 2.05) is 69.3 Å². The Labute approximate surface area is 375 Å². The third-order valence-corrected chi connectivity index (χ3v) is 16.3. The summed E-state index contributed by atoms with van der Waals surface area (Å²) in [4.78, 5) is 23.9. The number of hydrogen-bond acceptors (Lipinski definition) is 14. The van der Waals surface area contributed by atoms with E-state index in [-0.39, 0.29) is 6.61 Å². The van der Waals surface area contributed by atoms with Gasteiger partial charge in [-0.25, -0.2) is 15.0 Å². The molecule has 1 aromatic carbocycles. The van der Waals surface area contributed by atoms with E-state index in [2.05, 4.69) is 45.3 Å². The molecule has 14 nitrogen and oxygen atoms in total. The molecule has 3 atom stereocenters. The fourth-order valence-corrected chi connectivity index (χ4v) is 11.4. The van der Waals surface area contributed by atoms with Gasteiger partial charge in [-0.3, -0.25) is 28.4 Å². The van der Waals surface area contributed by atoms with Gasteiger partial charge in [0.05, 0.1) is 49.7 Å². The first-order valence-corrected chi connectivity index (χ1v) is 28.1. The third kappa shape index (κ3) is 14.4. The Hall–Kier alpha value is -3.72. The van der Waals surface area contributed by atoms with Crippen LogP contribution >= 0.6 is 22.1 Å². The van der Waals surface area contributed by atoms with Crippen molar-refractivity contribution in [3.8, 4) is 17.6 Å². The topological polar surface area (TPSA) is 140 Å². The molecular formula is C46H66N7O7P3. The lowest BCUT2D eigenvalue weighted by atomic mass is 10.1. The van der Waals surface area contributed by atoms with Crippen molar-refractivity contribution < 1.29 is 32.0 Å². The molecule has 1 saturated heterocycles. The minimum absolute atomic E-state index is 0.289. The molecule has 0 spiro atoms. The summed E-state index contributed by atoms with van der Waals surface area (Å²) in [6.07, 6.45) is 0. The molecule has 342 valence electrons. The third-order valence-electron chi connectivity index (χ3n) is 10.8. The molecule has 63 heavy (non-hydrogen) atoms. The molecule has 1 aliphatic heterocycles. The van der Waals surface area contributed by atoms with E-state index in [0.29, 0.717) is 67.8 Å². The van der Waals surface area contributed by atoms with Crippen molar-refractivity contribution in [1.82, 2.24) is 29.7 Å². The van der Waals surface area contributed by atoms with Crippen LogP contribution in [-0.4, -0.2) is 129 Å². The first-order chi connectivity index (χ1) is 30.1. The number of nitrogens with zero attached hydrogens (tertiary/aromatic N) is 7. The molecule has 1 aliphatic rings. The number of rotatable bonds is 19. The van der Waals surface area contributed by atoms with Crippen molar-refractivity contribution in [3.63, 3.8) is 0 Å². The van der Waals surface area contributed by atoms with E-state index in [9.17, 15) is 13.7 Å². The van der Waals surface area contributed by atoms with Crippen LogP contribution in [0.5, 0.6) is 5.75 Å². The van der Waals surface area contributed by atoms with Crippen LogP contribution in [0, 0.1) is 11.8 Å². The van der Waals surface area contributed by atoms with Crippen LogP contribution in [0.15, 0.2) is 66.7 Å². The molecule has 0 saturated carbocycles. The normalized spacial score (nSPS) is 17.2. The van der Waals surface area contributed by atoms with Gasteiger partial charge in [0.15, 0.2) is 0 Å². The highest BCUT2D eigenvalue weighted by Gasteiger charge is 2.26. The zero-order chi connectivity index (χ0) is 45.6. The first kappa shape index (κ1) is 50.3. The van der Waals surface area contributed by atoms with Crippen molar-refractivity contribution >= 4 is 44.1 Å². The van der Waals surface area contributed by atoms with E-state index in [1.165, 1.54) is 0 Å². The predicted molar refractivity (Wildman–Crippen MR) is 255 cm³/mol. The summed E-state index contributed by atoms with van der Waals surface area (Å²) in [6, 6.07) is 20.9. The molecule has 0 aliphatic carbocycles. The average molecular weight is 922 g/mol. The second kappa shape index (κ2) is 23.5. The second-order valence-electron chi connectivity index (χ2n) is 15.6. The van der Waals surface area contributed by atoms with Gasteiger partial charge in [-0.15, -0.1) is 0 Å². The fraction of sp³-hybridized carbons (Fsp3) is 0.500. The van der Waals surface area contributed by atoms with Crippen molar-refractivity contribution in [2.45, 2.75) is 54.3 Å². The maximum absolute atomic E-state index is 13.9. The molecule has 3 unspecified atom stereocenters. The molecule has 0 N–H and O–H groups in total. The monoisotopic (exact) mass is 921 g/mol. The molecule has 17 heteroatoms. The molecule has 1 fully saturated rings. The highest BCUT2D eigenvalue weighted by molar-refractivity contribution is 7.66. The summed E-state index contributed by atoms with van der Waals surface area (Å²) in [5.74, 6) is 7.48. The number of aromatic nitrogens is 3. The summed E-state index contributed by atoms with van der Waals surface area (Å²) in [6.45, 7) is 23.1. The Balaban J connectivity index is 1.47. The minimum Gasteiger partial charge on any atom is -0.495 e. The number of benzene rings is 1. The zero-order valence-electron chi connectivity index (χ0n) is 38.6. The first-order valence-electron chi connectivity index (χ1n) is 21.9. The number of ether oxygens (including phenoxy) is 1. The molecule has 0 amide bonds. The minimum atomic E-state index is -3.26. The smallest absolute Gasteiger partial charge is 0.247 e. The van der Waals surface area contributed by atoms with Crippen LogP contribution < -0.4 is 25.9 Å². The van der Waals surface area contributed by atoms with E-state index in [4.69, 9.17) is 33.3 Å². The Morgan fingerprint density at radius 2 is 0.984 bits per heavy atom. The van der Waals surface area contributed by atoms with Gasteiger partial charge in [0.2, 0.25) is 22.1 Å². The second-order valence-corrected chi connectivity index (χ2v) is 22.8. The zero-order valence-corrected chi connectivity index (χ0v) is 41.3. The Morgan fingerprint density at radius 3 is 1.43 bits per heavy atom. The Morgan fingerprint density at radius 1 is 0.556 bits per heavy atom. The quantitative estimate of drug-likeness (QED) is 0.0732. The van der Waals surface area contributed by atoms with Gasteiger partial charge in [-0.05, 0) is 89.2 Å². The van der Waals surface area contributed by atoms with Gasteiger partial charge in [0, 0.05) is 103 Å². The Bertz CT molecular complexity index is 2270. The molecular weight excluding hydrogens is 855 g/mol. The van der Waals surface area contributed by atoms with Crippen molar-refractivity contribution in [2.24, 2.45) is 0 Å². The SMILES string of the molecule is CCOP(C)(=O)c1cccc(CN2CCN(Cc3cccc(P(C)(=O)OCC)n3)CCN(Cc3cc(C#Cc4ccc(OC)c(N(CC)CC)c4)cc(P(C)(=O)OCC)n3)CC2)n1. The van der Waals surface area contributed by atoms with E-state index in [1.54, 1.807) is 45.3 Å². The number of methoxy groups -OCH3 is 1. The van der Waals surface area contributed by atoms with Crippen LogP contribution in [-0.2, 0) is 46.9 Å². The van der Waals surface area contributed by atoms with E-state index >= 15 is 0 Å². The van der Waals surface area contributed by atoms with Crippen molar-refractivity contribution in [1.29, 1.82) is 0 Å². The van der Waals surface area contributed by atoms with Gasteiger partial charge < -0.3 is 23.2 Å². The molecule has 4 heterocycles. The summed E-state index contributed by atoms with van der Waals surface area (Å²) >= 11 is 0. The number of pyridine rings is 3. The van der Waals surface area contributed by atoms with Crippen molar-refractivity contribution in [3.05, 3.63) is 94.9 Å². The fourth-order valence-electron chi connectivity index (χ4n) is 7.50. The predicted octanol–water partition coefficient (Wildman–Crippen LogP) is 6.66. The molecule has 5 rings (SSSR count). The summed E-state index contributed by atoms with van der Waals surface area (Å²) < 4.78 is 63.2. The lowest BCUT2D eigenvalue weighted by Crippen LogP contribution is -2.36. The molecule has 4 aromatic rings. The van der Waals surface area contributed by atoms with E-state index in [0.717, 1.165) is 73.4 Å². The van der Waals surface area contributed by atoms with Crippen molar-refractivity contribution in [2.75, 3.05) is 104 Å². The maximum Gasteiger partial charge on any atom is 0.247 e. The van der Waals surface area contributed by atoms with Crippen LogP contribution in [0.3, 0.4) is 0 Å². The molecule has 0 bridgehead atoms. The lowest BCUT2D eigenvalue weighted by Gasteiger charge is -2.26. The highest BCUT2D eigenvalue weighted by Crippen LogP contribution is 2.42. The van der Waals surface area contributed by atoms with Gasteiger partial charge >= 0.3 is 0 Å². The van der Waals surface area contributed by atoms with Crippen LogP contribution in [0.4, 0.5) is 5.69 Å².